The van der Waals surface area contributed by atoms with Gasteiger partial charge in [0.25, 0.3) is 0 Å². The van der Waals surface area contributed by atoms with Crippen LogP contribution in [-0.2, 0) is 7.05 Å². The van der Waals surface area contributed by atoms with Crippen molar-refractivity contribution in [3.05, 3.63) is 11.4 Å². The van der Waals surface area contributed by atoms with Crippen molar-refractivity contribution >= 4 is 23.0 Å². The molecule has 106 valence electrons. The first-order chi connectivity index (χ1) is 8.88. The predicted molar refractivity (Wildman–Crippen MR) is 83.4 cm³/mol. The Morgan fingerprint density at radius 3 is 2.32 bits per heavy atom. The normalized spacial score (nSPS) is 23.5. The number of anilines is 1. The Bertz CT molecular complexity index is 470. The van der Waals surface area contributed by atoms with Crippen molar-refractivity contribution < 1.29 is 0 Å². The molecule has 1 saturated heterocycles. The maximum atomic E-state index is 5.57. The number of hydrogen-bond acceptors (Lipinski definition) is 2. The van der Waals surface area contributed by atoms with Crippen LogP contribution in [0, 0.1) is 25.7 Å². The van der Waals surface area contributed by atoms with Crippen LogP contribution in [0.4, 0.5) is 5.69 Å². The third-order valence-corrected chi connectivity index (χ3v) is 4.26. The number of rotatable bonds is 1. The Hall–Kier alpha value is -1.10. The Labute approximate surface area is 121 Å². The molecule has 0 unspecified atom stereocenters. The summed E-state index contributed by atoms with van der Waals surface area (Å²) in [6.07, 6.45) is 1.30. The number of likely N-dealkylation sites (tertiary alicyclic amines) is 1. The van der Waals surface area contributed by atoms with Crippen LogP contribution >= 0.6 is 12.2 Å². The second-order valence-electron chi connectivity index (χ2n) is 5.95. The number of aryl methyl sites for hydroxylation is 2. The standard InChI is InChI=1S/C14H24N4S/c1-9-6-10(2)8-18(7-9)14(19)15-13-11(3)16-17(5)12(13)4/h9-10H,6-8H2,1-5H3,(H,15,19)/t9-,10-/m1/s1. The van der Waals surface area contributed by atoms with E-state index in [9.17, 15) is 0 Å². The van der Waals surface area contributed by atoms with Crippen LogP contribution < -0.4 is 5.32 Å². The van der Waals surface area contributed by atoms with Crippen molar-refractivity contribution in [1.82, 2.24) is 14.7 Å². The second kappa shape index (κ2) is 5.49. The van der Waals surface area contributed by atoms with E-state index in [-0.39, 0.29) is 0 Å². The van der Waals surface area contributed by atoms with Crippen LogP contribution in [0.5, 0.6) is 0 Å². The highest BCUT2D eigenvalue weighted by molar-refractivity contribution is 7.80. The average molecular weight is 280 g/mol. The van der Waals surface area contributed by atoms with Gasteiger partial charge in [0.15, 0.2) is 5.11 Å². The van der Waals surface area contributed by atoms with E-state index in [0.29, 0.717) is 11.8 Å². The van der Waals surface area contributed by atoms with Gasteiger partial charge in [0.2, 0.25) is 0 Å². The first kappa shape index (κ1) is 14.3. The van der Waals surface area contributed by atoms with Crippen molar-refractivity contribution in [3.63, 3.8) is 0 Å². The summed E-state index contributed by atoms with van der Waals surface area (Å²) in [6, 6.07) is 0. The van der Waals surface area contributed by atoms with Gasteiger partial charge in [-0.1, -0.05) is 13.8 Å². The lowest BCUT2D eigenvalue weighted by Gasteiger charge is -2.36. The SMILES string of the molecule is Cc1nn(C)c(C)c1NC(=S)N1C[C@H](C)C[C@@H](C)C1. The summed E-state index contributed by atoms with van der Waals surface area (Å²) in [5.41, 5.74) is 3.18. The van der Waals surface area contributed by atoms with E-state index in [1.807, 2.05) is 18.7 Å². The van der Waals surface area contributed by atoms with Gasteiger partial charge in [0.05, 0.1) is 17.1 Å². The molecule has 1 aromatic rings. The van der Waals surface area contributed by atoms with Gasteiger partial charge < -0.3 is 10.2 Å². The quantitative estimate of drug-likeness (QED) is 0.802. The van der Waals surface area contributed by atoms with Crippen LogP contribution in [0.25, 0.3) is 0 Å². The van der Waals surface area contributed by atoms with Crippen molar-refractivity contribution in [2.45, 2.75) is 34.1 Å². The molecule has 0 aliphatic carbocycles. The molecule has 1 aliphatic rings. The van der Waals surface area contributed by atoms with E-state index in [1.165, 1.54) is 6.42 Å². The second-order valence-corrected chi connectivity index (χ2v) is 6.34. The highest BCUT2D eigenvalue weighted by Gasteiger charge is 2.24. The summed E-state index contributed by atoms with van der Waals surface area (Å²) in [6.45, 7) is 10.8. The zero-order valence-electron chi connectivity index (χ0n) is 12.5. The number of hydrogen-bond donors (Lipinski definition) is 1. The number of nitrogens with one attached hydrogen (secondary N) is 1. The van der Waals surface area contributed by atoms with Crippen LogP contribution in [0.3, 0.4) is 0 Å². The Morgan fingerprint density at radius 2 is 1.84 bits per heavy atom. The number of thiocarbonyl (C=S) groups is 1. The van der Waals surface area contributed by atoms with Gasteiger partial charge in [-0.25, -0.2) is 0 Å². The smallest absolute Gasteiger partial charge is 0.173 e. The average Bonchev–Trinajstić information content (AvgIpc) is 2.54. The van der Waals surface area contributed by atoms with Gasteiger partial charge in [-0.2, -0.15) is 5.10 Å². The molecule has 0 spiro atoms. The lowest BCUT2D eigenvalue weighted by atomic mass is 9.92. The first-order valence-corrected chi connectivity index (χ1v) is 7.35. The molecule has 0 amide bonds. The zero-order chi connectivity index (χ0) is 14.2. The fourth-order valence-corrected chi connectivity index (χ4v) is 3.22. The molecule has 1 aromatic heterocycles. The molecule has 1 N–H and O–H groups in total. The largest absolute Gasteiger partial charge is 0.348 e. The van der Waals surface area contributed by atoms with Crippen molar-refractivity contribution in [2.24, 2.45) is 18.9 Å². The highest BCUT2D eigenvalue weighted by atomic mass is 32.1. The van der Waals surface area contributed by atoms with Gasteiger partial charge in [-0.15, -0.1) is 0 Å². The lowest BCUT2D eigenvalue weighted by Crippen LogP contribution is -2.44. The van der Waals surface area contributed by atoms with Crippen molar-refractivity contribution in [1.29, 1.82) is 0 Å². The fraction of sp³-hybridized carbons (Fsp3) is 0.714. The molecule has 0 radical (unpaired) electrons. The Balaban J connectivity index is 2.08. The van der Waals surface area contributed by atoms with Gasteiger partial charge in [0, 0.05) is 20.1 Å². The molecule has 0 aromatic carbocycles. The van der Waals surface area contributed by atoms with E-state index in [1.54, 1.807) is 0 Å². The minimum Gasteiger partial charge on any atom is -0.348 e. The monoisotopic (exact) mass is 280 g/mol. The van der Waals surface area contributed by atoms with Crippen molar-refractivity contribution in [2.75, 3.05) is 18.4 Å². The molecule has 2 heterocycles. The maximum absolute atomic E-state index is 5.57. The summed E-state index contributed by atoms with van der Waals surface area (Å²) < 4.78 is 1.89. The summed E-state index contributed by atoms with van der Waals surface area (Å²) in [7, 11) is 1.96. The van der Waals surface area contributed by atoms with Crippen molar-refractivity contribution in [3.8, 4) is 0 Å². The minimum atomic E-state index is 0.708. The molecule has 19 heavy (non-hydrogen) atoms. The summed E-state index contributed by atoms with van der Waals surface area (Å²) in [5, 5.41) is 8.63. The van der Waals surface area contributed by atoms with Crippen LogP contribution in [-0.4, -0.2) is 32.9 Å². The number of nitrogens with zero attached hydrogens (tertiary/aromatic N) is 3. The van der Waals surface area contributed by atoms with Crippen LogP contribution in [0.1, 0.15) is 31.7 Å². The summed E-state index contributed by atoms with van der Waals surface area (Å²) in [4.78, 5) is 2.29. The van der Waals surface area contributed by atoms with Gasteiger partial charge in [-0.3, -0.25) is 4.68 Å². The van der Waals surface area contributed by atoms with Gasteiger partial charge in [0.1, 0.15) is 0 Å². The van der Waals surface area contributed by atoms with E-state index in [2.05, 4.69) is 36.1 Å². The van der Waals surface area contributed by atoms with Crippen LogP contribution in [0.15, 0.2) is 0 Å². The van der Waals surface area contributed by atoms with Crippen LogP contribution in [0.2, 0.25) is 0 Å². The van der Waals surface area contributed by atoms with E-state index < -0.39 is 0 Å². The lowest BCUT2D eigenvalue weighted by molar-refractivity contribution is 0.216. The molecule has 4 nitrogen and oxygen atoms in total. The minimum absolute atomic E-state index is 0.708. The first-order valence-electron chi connectivity index (χ1n) is 6.94. The third-order valence-electron chi connectivity index (χ3n) is 3.90. The zero-order valence-corrected chi connectivity index (χ0v) is 13.3. The molecule has 2 rings (SSSR count). The van der Waals surface area contributed by atoms with E-state index in [0.717, 1.165) is 35.3 Å². The number of piperidine rings is 1. The third kappa shape index (κ3) is 3.08. The molecule has 0 saturated carbocycles. The highest BCUT2D eigenvalue weighted by Crippen LogP contribution is 2.23. The van der Waals surface area contributed by atoms with Gasteiger partial charge >= 0.3 is 0 Å². The molecular formula is C14H24N4S. The van der Waals surface area contributed by atoms with E-state index in [4.69, 9.17) is 12.2 Å². The number of aromatic nitrogens is 2. The molecule has 2 atom stereocenters. The summed E-state index contributed by atoms with van der Waals surface area (Å²) in [5.74, 6) is 1.42. The molecule has 5 heteroatoms. The molecule has 1 aliphatic heterocycles. The molecule has 1 fully saturated rings. The maximum Gasteiger partial charge on any atom is 0.173 e. The Kier molecular flexibility index (Phi) is 4.13. The van der Waals surface area contributed by atoms with Gasteiger partial charge in [-0.05, 0) is 44.3 Å². The summed E-state index contributed by atoms with van der Waals surface area (Å²) >= 11 is 5.57. The molecular weight excluding hydrogens is 256 g/mol. The van der Waals surface area contributed by atoms with E-state index >= 15 is 0 Å². The molecule has 0 bridgehead atoms. The predicted octanol–water partition coefficient (Wildman–Crippen LogP) is 2.71. The topological polar surface area (TPSA) is 33.1 Å². The fourth-order valence-electron chi connectivity index (χ4n) is 2.97. The Morgan fingerprint density at radius 1 is 1.26 bits per heavy atom.